The highest BCUT2D eigenvalue weighted by molar-refractivity contribution is 5.65. The highest BCUT2D eigenvalue weighted by Gasteiger charge is 2.42. The quantitative estimate of drug-likeness (QED) is 0.603. The minimum absolute atomic E-state index is 0.245. The number of carbonyl (C=O) groups is 1. The zero-order chi connectivity index (χ0) is 10.2. The van der Waals surface area contributed by atoms with Crippen molar-refractivity contribution in [3.05, 3.63) is 0 Å². The Bertz CT molecular complexity index is 235. The molecule has 2 aliphatic heterocycles. The van der Waals surface area contributed by atoms with Crippen LogP contribution in [0.4, 0.5) is 4.79 Å². The third-order valence-corrected chi connectivity index (χ3v) is 3.18. The molecule has 0 bridgehead atoms. The Morgan fingerprint density at radius 2 is 2.00 bits per heavy atom. The molecular formula is C9H15NO4. The Morgan fingerprint density at radius 1 is 1.36 bits per heavy atom. The summed E-state index contributed by atoms with van der Waals surface area (Å²) >= 11 is 0. The van der Waals surface area contributed by atoms with Crippen LogP contribution in [-0.4, -0.2) is 46.2 Å². The number of likely N-dealkylation sites (tertiary alicyclic amines) is 1. The molecule has 0 aliphatic carbocycles. The molecule has 80 valence electrons. The Morgan fingerprint density at radius 3 is 2.43 bits per heavy atom. The largest absolute Gasteiger partial charge is 0.465 e. The maximum Gasteiger partial charge on any atom is 0.407 e. The van der Waals surface area contributed by atoms with Crippen molar-refractivity contribution in [2.45, 2.75) is 37.6 Å². The number of ether oxygens (including phenoxy) is 1. The van der Waals surface area contributed by atoms with Crippen molar-refractivity contribution in [2.75, 3.05) is 13.1 Å². The zero-order valence-electron chi connectivity index (χ0n) is 7.98. The summed E-state index contributed by atoms with van der Waals surface area (Å²) in [5.41, 5.74) is -0.245. The van der Waals surface area contributed by atoms with Gasteiger partial charge in [-0.25, -0.2) is 4.79 Å². The first kappa shape index (κ1) is 9.73. The van der Waals surface area contributed by atoms with Crippen LogP contribution >= 0.6 is 0 Å². The SMILES string of the molecule is O=C(O)N1CCC2(CCC(O)O2)CC1. The zero-order valence-corrected chi connectivity index (χ0v) is 7.98. The number of nitrogens with zero attached hydrogens (tertiary/aromatic N) is 1. The predicted molar refractivity (Wildman–Crippen MR) is 47.9 cm³/mol. The lowest BCUT2D eigenvalue weighted by molar-refractivity contribution is -0.151. The standard InChI is InChI=1S/C9H15NO4/c11-7-1-2-9(14-7)3-5-10(6-4-9)8(12)13/h7,11H,1-6H2,(H,12,13). The van der Waals surface area contributed by atoms with Crippen LogP contribution in [0.15, 0.2) is 0 Å². The minimum atomic E-state index is -0.863. The number of carboxylic acid groups (broad SMARTS) is 1. The van der Waals surface area contributed by atoms with Gasteiger partial charge in [0.2, 0.25) is 0 Å². The molecule has 0 aromatic heterocycles. The van der Waals surface area contributed by atoms with E-state index in [9.17, 15) is 9.90 Å². The number of rotatable bonds is 0. The van der Waals surface area contributed by atoms with Gasteiger partial charge >= 0.3 is 6.09 Å². The number of aliphatic hydroxyl groups excluding tert-OH is 1. The predicted octanol–water partition coefficient (Wildman–Crippen LogP) is 0.628. The first-order valence-corrected chi connectivity index (χ1v) is 4.95. The number of aliphatic hydroxyl groups is 1. The van der Waals surface area contributed by atoms with Crippen molar-refractivity contribution in [3.63, 3.8) is 0 Å². The summed E-state index contributed by atoms with van der Waals surface area (Å²) in [5.74, 6) is 0. The molecule has 0 aromatic carbocycles. The number of piperidine rings is 1. The molecule has 1 atom stereocenters. The van der Waals surface area contributed by atoms with Gasteiger partial charge in [0.1, 0.15) is 0 Å². The smallest absolute Gasteiger partial charge is 0.407 e. The normalized spacial score (nSPS) is 30.9. The van der Waals surface area contributed by atoms with Crippen molar-refractivity contribution < 1.29 is 19.7 Å². The number of hydrogen-bond donors (Lipinski definition) is 2. The summed E-state index contributed by atoms with van der Waals surface area (Å²) in [7, 11) is 0. The summed E-state index contributed by atoms with van der Waals surface area (Å²) in [6.07, 6.45) is 1.42. The van der Waals surface area contributed by atoms with Gasteiger partial charge in [0.25, 0.3) is 0 Å². The molecule has 0 radical (unpaired) electrons. The van der Waals surface area contributed by atoms with E-state index in [2.05, 4.69) is 0 Å². The van der Waals surface area contributed by atoms with Crippen LogP contribution in [0.25, 0.3) is 0 Å². The van der Waals surface area contributed by atoms with Crippen LogP contribution < -0.4 is 0 Å². The molecule has 1 amide bonds. The molecule has 5 heteroatoms. The molecule has 14 heavy (non-hydrogen) atoms. The monoisotopic (exact) mass is 201 g/mol. The van der Waals surface area contributed by atoms with Crippen molar-refractivity contribution in [1.29, 1.82) is 0 Å². The molecular weight excluding hydrogens is 186 g/mol. The Labute approximate surface area is 82.3 Å². The van der Waals surface area contributed by atoms with Gasteiger partial charge in [0.15, 0.2) is 6.29 Å². The van der Waals surface area contributed by atoms with Gasteiger partial charge in [-0.3, -0.25) is 0 Å². The van der Waals surface area contributed by atoms with Crippen LogP contribution in [0.1, 0.15) is 25.7 Å². The van der Waals surface area contributed by atoms with Crippen LogP contribution in [0, 0.1) is 0 Å². The molecule has 2 rings (SSSR count). The van der Waals surface area contributed by atoms with Crippen molar-refractivity contribution in [2.24, 2.45) is 0 Å². The van der Waals surface area contributed by atoms with Crippen LogP contribution in [-0.2, 0) is 4.74 Å². The van der Waals surface area contributed by atoms with Crippen LogP contribution in [0.5, 0.6) is 0 Å². The van der Waals surface area contributed by atoms with Crippen LogP contribution in [0.3, 0.4) is 0 Å². The summed E-state index contributed by atoms with van der Waals surface area (Å²) in [4.78, 5) is 12.1. The molecule has 2 N–H and O–H groups in total. The molecule has 2 saturated heterocycles. The first-order chi connectivity index (χ1) is 6.61. The van der Waals surface area contributed by atoms with Crippen molar-refractivity contribution in [3.8, 4) is 0 Å². The average Bonchev–Trinajstić information content (AvgIpc) is 2.48. The van der Waals surface area contributed by atoms with Crippen LogP contribution in [0.2, 0.25) is 0 Å². The fourth-order valence-corrected chi connectivity index (χ4v) is 2.27. The van der Waals surface area contributed by atoms with E-state index in [1.54, 1.807) is 0 Å². The van der Waals surface area contributed by atoms with Crippen molar-refractivity contribution >= 4 is 6.09 Å². The van der Waals surface area contributed by atoms with Gasteiger partial charge < -0.3 is 19.8 Å². The highest BCUT2D eigenvalue weighted by Crippen LogP contribution is 2.37. The molecule has 0 aromatic rings. The Hall–Kier alpha value is -0.810. The lowest BCUT2D eigenvalue weighted by atomic mass is 9.89. The third kappa shape index (κ3) is 1.69. The Kier molecular flexibility index (Phi) is 2.36. The average molecular weight is 201 g/mol. The van der Waals surface area contributed by atoms with Gasteiger partial charge in [-0.15, -0.1) is 0 Å². The van der Waals surface area contributed by atoms with Gasteiger partial charge in [-0.2, -0.15) is 0 Å². The number of hydrogen-bond acceptors (Lipinski definition) is 3. The molecule has 0 saturated carbocycles. The summed E-state index contributed by atoms with van der Waals surface area (Å²) in [6.45, 7) is 1.03. The second-order valence-electron chi connectivity index (χ2n) is 4.06. The molecule has 2 aliphatic rings. The van der Waals surface area contributed by atoms with E-state index in [4.69, 9.17) is 9.84 Å². The van der Waals surface area contributed by atoms with Gasteiger partial charge in [0, 0.05) is 19.5 Å². The van der Waals surface area contributed by atoms with E-state index in [1.165, 1.54) is 4.90 Å². The lowest BCUT2D eigenvalue weighted by Gasteiger charge is -2.37. The second kappa shape index (κ2) is 3.40. The van der Waals surface area contributed by atoms with E-state index in [-0.39, 0.29) is 5.60 Å². The van der Waals surface area contributed by atoms with Gasteiger partial charge in [0.05, 0.1) is 5.60 Å². The number of amides is 1. The fraction of sp³-hybridized carbons (Fsp3) is 0.889. The van der Waals surface area contributed by atoms with E-state index in [0.717, 1.165) is 6.42 Å². The molecule has 2 heterocycles. The first-order valence-electron chi connectivity index (χ1n) is 4.95. The van der Waals surface area contributed by atoms with E-state index >= 15 is 0 Å². The highest BCUT2D eigenvalue weighted by atomic mass is 16.6. The lowest BCUT2D eigenvalue weighted by Crippen LogP contribution is -2.46. The van der Waals surface area contributed by atoms with E-state index < -0.39 is 12.4 Å². The maximum absolute atomic E-state index is 10.7. The second-order valence-corrected chi connectivity index (χ2v) is 4.06. The molecule has 1 spiro atoms. The van der Waals surface area contributed by atoms with E-state index in [1.807, 2.05) is 0 Å². The minimum Gasteiger partial charge on any atom is -0.465 e. The molecule has 5 nitrogen and oxygen atoms in total. The third-order valence-electron chi connectivity index (χ3n) is 3.18. The fourth-order valence-electron chi connectivity index (χ4n) is 2.27. The summed E-state index contributed by atoms with van der Waals surface area (Å²) in [5, 5.41) is 18.0. The van der Waals surface area contributed by atoms with Crippen molar-refractivity contribution in [1.82, 2.24) is 4.90 Å². The Balaban J connectivity index is 1.92. The summed E-state index contributed by atoms with van der Waals surface area (Å²) < 4.78 is 5.45. The topological polar surface area (TPSA) is 70.0 Å². The van der Waals surface area contributed by atoms with Gasteiger partial charge in [-0.1, -0.05) is 0 Å². The summed E-state index contributed by atoms with van der Waals surface area (Å²) in [6, 6.07) is 0. The van der Waals surface area contributed by atoms with E-state index in [0.29, 0.717) is 32.4 Å². The maximum atomic E-state index is 10.7. The molecule has 2 fully saturated rings. The van der Waals surface area contributed by atoms with Gasteiger partial charge in [-0.05, 0) is 19.3 Å². The molecule has 1 unspecified atom stereocenters.